The van der Waals surface area contributed by atoms with Crippen LogP contribution in [-0.2, 0) is 11.2 Å². The number of carbonyl (C=O) groups excluding carboxylic acids is 2. The van der Waals surface area contributed by atoms with Gasteiger partial charge in [0.25, 0.3) is 5.91 Å². The first-order chi connectivity index (χ1) is 12.3. The molecule has 0 aliphatic heterocycles. The van der Waals surface area contributed by atoms with Gasteiger partial charge in [-0.1, -0.05) is 39.0 Å². The van der Waals surface area contributed by atoms with Crippen molar-refractivity contribution in [3.8, 4) is 0 Å². The molecule has 140 valence electrons. The Labute approximate surface area is 156 Å². The van der Waals surface area contributed by atoms with Crippen LogP contribution >= 0.6 is 11.3 Å². The van der Waals surface area contributed by atoms with Crippen LogP contribution < -0.4 is 10.6 Å². The van der Waals surface area contributed by atoms with Gasteiger partial charge in [0.05, 0.1) is 0 Å². The second-order valence-electron chi connectivity index (χ2n) is 6.79. The Hall–Kier alpha value is -2.35. The molecular formula is C18H23FN4O2S. The number of hydrogen-bond donors (Lipinski definition) is 2. The van der Waals surface area contributed by atoms with Gasteiger partial charge in [0.15, 0.2) is 0 Å². The van der Waals surface area contributed by atoms with Crippen LogP contribution in [0.3, 0.4) is 0 Å². The molecule has 0 aliphatic rings. The van der Waals surface area contributed by atoms with Gasteiger partial charge < -0.3 is 5.32 Å². The first-order valence-electron chi connectivity index (χ1n) is 8.46. The molecule has 1 atom stereocenters. The maximum absolute atomic E-state index is 13.0. The van der Waals surface area contributed by atoms with E-state index in [9.17, 15) is 14.0 Å². The highest BCUT2D eigenvalue weighted by atomic mass is 32.1. The Morgan fingerprint density at radius 3 is 2.35 bits per heavy atom. The number of nitrogens with zero attached hydrogens (tertiary/aromatic N) is 2. The number of carbonyl (C=O) groups is 2. The second kappa shape index (κ2) is 8.84. The number of aromatic nitrogens is 2. The number of amides is 2. The molecule has 2 N–H and O–H groups in total. The van der Waals surface area contributed by atoms with E-state index in [4.69, 9.17) is 0 Å². The Kier molecular flexibility index (Phi) is 6.79. The molecule has 0 saturated heterocycles. The lowest BCUT2D eigenvalue weighted by atomic mass is 10.0. The smallest absolute Gasteiger partial charge is 0.251 e. The van der Waals surface area contributed by atoms with Crippen molar-refractivity contribution in [1.29, 1.82) is 0 Å². The average Bonchev–Trinajstić information content (AvgIpc) is 2.98. The van der Waals surface area contributed by atoms with Gasteiger partial charge in [0.1, 0.15) is 16.9 Å². The van der Waals surface area contributed by atoms with Crippen molar-refractivity contribution >= 4 is 28.3 Å². The monoisotopic (exact) mass is 378 g/mol. The zero-order valence-corrected chi connectivity index (χ0v) is 16.1. The average molecular weight is 378 g/mol. The van der Waals surface area contributed by atoms with Gasteiger partial charge in [-0.25, -0.2) is 4.39 Å². The summed E-state index contributed by atoms with van der Waals surface area (Å²) in [7, 11) is 0. The highest BCUT2D eigenvalue weighted by Gasteiger charge is 2.25. The van der Waals surface area contributed by atoms with Crippen molar-refractivity contribution in [3.63, 3.8) is 0 Å². The number of hydrogen-bond acceptors (Lipinski definition) is 5. The molecule has 26 heavy (non-hydrogen) atoms. The minimum Gasteiger partial charge on any atom is -0.340 e. The third-order valence-corrected chi connectivity index (χ3v) is 4.48. The van der Waals surface area contributed by atoms with Gasteiger partial charge in [-0.05, 0) is 36.1 Å². The lowest BCUT2D eigenvalue weighted by molar-refractivity contribution is -0.118. The lowest BCUT2D eigenvalue weighted by Gasteiger charge is -2.21. The number of anilines is 1. The lowest BCUT2D eigenvalue weighted by Crippen LogP contribution is -2.47. The van der Waals surface area contributed by atoms with Crippen molar-refractivity contribution in [2.45, 2.75) is 40.2 Å². The van der Waals surface area contributed by atoms with E-state index >= 15 is 0 Å². The molecular weight excluding hydrogens is 355 g/mol. The molecule has 8 heteroatoms. The quantitative estimate of drug-likeness (QED) is 0.774. The van der Waals surface area contributed by atoms with E-state index in [2.05, 4.69) is 34.7 Å². The topological polar surface area (TPSA) is 84.0 Å². The molecule has 0 spiro atoms. The number of nitrogens with one attached hydrogen (secondary N) is 2. The van der Waals surface area contributed by atoms with Gasteiger partial charge in [-0.3, -0.25) is 14.9 Å². The molecule has 2 aromatic rings. The summed E-state index contributed by atoms with van der Waals surface area (Å²) in [4.78, 5) is 24.9. The standard InChI is InChI=1S/C18H23FN4O2S/c1-10(2)9-14-22-23-18(26-14)21-17(25)15(11(3)4)20-16(24)12-5-7-13(19)8-6-12/h5-8,10-11,15H,9H2,1-4H3,(H,20,24)(H,21,23,25)/t15-/m0/s1. The Bertz CT molecular complexity index is 759. The summed E-state index contributed by atoms with van der Waals surface area (Å²) in [5.74, 6) is -0.903. The summed E-state index contributed by atoms with van der Waals surface area (Å²) in [5.41, 5.74) is 0.292. The molecule has 1 aromatic carbocycles. The third kappa shape index (κ3) is 5.59. The fourth-order valence-electron chi connectivity index (χ4n) is 2.28. The molecule has 6 nitrogen and oxygen atoms in total. The van der Waals surface area contributed by atoms with Gasteiger partial charge in [0, 0.05) is 12.0 Å². The predicted octanol–water partition coefficient (Wildman–Crippen LogP) is 3.27. The van der Waals surface area contributed by atoms with Crippen molar-refractivity contribution < 1.29 is 14.0 Å². The molecule has 0 fully saturated rings. The number of rotatable bonds is 7. The number of benzene rings is 1. The molecule has 0 aliphatic carbocycles. The summed E-state index contributed by atoms with van der Waals surface area (Å²) in [6.07, 6.45) is 0.794. The second-order valence-corrected chi connectivity index (χ2v) is 7.85. The van der Waals surface area contributed by atoms with Crippen molar-refractivity contribution in [2.24, 2.45) is 11.8 Å². The van der Waals surface area contributed by atoms with Crippen LogP contribution in [0.4, 0.5) is 9.52 Å². The van der Waals surface area contributed by atoms with E-state index in [1.54, 1.807) is 0 Å². The first kappa shape index (κ1) is 20.0. The molecule has 0 bridgehead atoms. The van der Waals surface area contributed by atoms with E-state index in [1.165, 1.54) is 35.6 Å². The first-order valence-corrected chi connectivity index (χ1v) is 9.27. The Morgan fingerprint density at radius 2 is 1.77 bits per heavy atom. The van der Waals surface area contributed by atoms with E-state index in [0.29, 0.717) is 16.6 Å². The molecule has 0 unspecified atom stereocenters. The van der Waals surface area contributed by atoms with E-state index in [1.807, 2.05) is 13.8 Å². The normalized spacial score (nSPS) is 12.3. The van der Waals surface area contributed by atoms with Crippen LogP contribution in [0.2, 0.25) is 0 Å². The molecule has 0 saturated carbocycles. The van der Waals surface area contributed by atoms with E-state index < -0.39 is 17.8 Å². The minimum atomic E-state index is -0.745. The summed E-state index contributed by atoms with van der Waals surface area (Å²) in [6.45, 7) is 7.83. The van der Waals surface area contributed by atoms with Crippen molar-refractivity contribution in [2.75, 3.05) is 5.32 Å². The van der Waals surface area contributed by atoms with Gasteiger partial charge >= 0.3 is 0 Å². The van der Waals surface area contributed by atoms with Gasteiger partial charge in [0.2, 0.25) is 11.0 Å². The molecule has 1 heterocycles. The van der Waals surface area contributed by atoms with Crippen molar-refractivity contribution in [3.05, 3.63) is 40.7 Å². The van der Waals surface area contributed by atoms with Crippen LogP contribution in [0.25, 0.3) is 0 Å². The van der Waals surface area contributed by atoms with Crippen LogP contribution in [0.5, 0.6) is 0 Å². The highest BCUT2D eigenvalue weighted by Crippen LogP contribution is 2.19. The third-order valence-electron chi connectivity index (χ3n) is 3.62. The fourth-order valence-corrected chi connectivity index (χ4v) is 3.23. The fraction of sp³-hybridized carbons (Fsp3) is 0.444. The van der Waals surface area contributed by atoms with Gasteiger partial charge in [-0.15, -0.1) is 10.2 Å². The van der Waals surface area contributed by atoms with Crippen LogP contribution in [0, 0.1) is 17.7 Å². The summed E-state index contributed by atoms with van der Waals surface area (Å²) in [6, 6.07) is 4.42. The highest BCUT2D eigenvalue weighted by molar-refractivity contribution is 7.15. The Balaban J connectivity index is 2.03. The molecule has 1 aromatic heterocycles. The SMILES string of the molecule is CC(C)Cc1nnc(NC(=O)[C@@H](NC(=O)c2ccc(F)cc2)C(C)C)s1. The van der Waals surface area contributed by atoms with Crippen LogP contribution in [-0.4, -0.2) is 28.1 Å². The predicted molar refractivity (Wildman–Crippen MR) is 99.6 cm³/mol. The number of halogens is 1. The van der Waals surface area contributed by atoms with Gasteiger partial charge in [-0.2, -0.15) is 0 Å². The summed E-state index contributed by atoms with van der Waals surface area (Å²) in [5, 5.41) is 14.7. The van der Waals surface area contributed by atoms with Crippen molar-refractivity contribution in [1.82, 2.24) is 15.5 Å². The summed E-state index contributed by atoms with van der Waals surface area (Å²) < 4.78 is 13.0. The molecule has 0 radical (unpaired) electrons. The zero-order valence-electron chi connectivity index (χ0n) is 15.2. The zero-order chi connectivity index (χ0) is 19.3. The van der Waals surface area contributed by atoms with Crippen LogP contribution in [0.1, 0.15) is 43.1 Å². The molecule has 2 rings (SSSR count). The maximum Gasteiger partial charge on any atom is 0.251 e. The largest absolute Gasteiger partial charge is 0.340 e. The minimum absolute atomic E-state index is 0.137. The summed E-state index contributed by atoms with van der Waals surface area (Å²) >= 11 is 1.33. The van der Waals surface area contributed by atoms with Crippen LogP contribution in [0.15, 0.2) is 24.3 Å². The molecule has 2 amide bonds. The Morgan fingerprint density at radius 1 is 1.12 bits per heavy atom. The maximum atomic E-state index is 13.0. The van der Waals surface area contributed by atoms with E-state index in [0.717, 1.165) is 11.4 Å². The van der Waals surface area contributed by atoms with E-state index in [-0.39, 0.29) is 11.8 Å².